The van der Waals surface area contributed by atoms with Gasteiger partial charge in [0.05, 0.1) is 0 Å². The molecule has 0 aliphatic carbocycles. The zero-order valence-corrected chi connectivity index (χ0v) is 12.2. The Morgan fingerprint density at radius 3 is 2.14 bits per heavy atom. The Bertz CT molecular complexity index is 520. The third-order valence-electron chi connectivity index (χ3n) is 2.99. The van der Waals surface area contributed by atoms with Crippen molar-refractivity contribution in [2.75, 3.05) is 0 Å². The largest absolute Gasteiger partial charge is 0.489 e. The number of alkyl halides is 2. The van der Waals surface area contributed by atoms with Crippen molar-refractivity contribution < 1.29 is 13.5 Å². The van der Waals surface area contributed by atoms with Crippen molar-refractivity contribution >= 4 is 12.4 Å². The minimum Gasteiger partial charge on any atom is -0.489 e. The van der Waals surface area contributed by atoms with Gasteiger partial charge in [0.25, 0.3) is 0 Å². The van der Waals surface area contributed by atoms with Crippen LogP contribution in [0.25, 0.3) is 0 Å². The van der Waals surface area contributed by atoms with E-state index in [-0.39, 0.29) is 18.8 Å². The third kappa shape index (κ3) is 5.69. The molecule has 0 heterocycles. The highest BCUT2D eigenvalue weighted by molar-refractivity contribution is 5.85. The van der Waals surface area contributed by atoms with Crippen molar-refractivity contribution in [3.63, 3.8) is 0 Å². The van der Waals surface area contributed by atoms with Crippen LogP contribution < -0.4 is 10.5 Å². The number of benzene rings is 2. The molecule has 0 saturated heterocycles. The van der Waals surface area contributed by atoms with Crippen molar-refractivity contribution in [2.24, 2.45) is 5.73 Å². The quantitative estimate of drug-likeness (QED) is 0.861. The van der Waals surface area contributed by atoms with E-state index in [1.807, 2.05) is 30.3 Å². The Labute approximate surface area is 129 Å². The van der Waals surface area contributed by atoms with Crippen molar-refractivity contribution in [2.45, 2.75) is 25.5 Å². The molecule has 0 aliphatic heterocycles. The predicted molar refractivity (Wildman–Crippen MR) is 82.0 cm³/mol. The standard InChI is InChI=1S/C16H17F2NO.ClH/c17-16(18)10-15(19)13-6-8-14(9-7-13)20-11-12-4-2-1-3-5-12;/h1-9,15-16H,10-11,19H2;1H/t15-;/m0./s1. The molecule has 0 spiro atoms. The van der Waals surface area contributed by atoms with Crippen LogP contribution in [0.15, 0.2) is 54.6 Å². The van der Waals surface area contributed by atoms with E-state index in [0.717, 1.165) is 5.56 Å². The first-order valence-electron chi connectivity index (χ1n) is 6.45. The number of ether oxygens (including phenoxy) is 1. The van der Waals surface area contributed by atoms with Crippen LogP contribution in [0.3, 0.4) is 0 Å². The van der Waals surface area contributed by atoms with Crippen LogP contribution in [0.4, 0.5) is 8.78 Å². The molecule has 2 rings (SSSR count). The number of halogens is 3. The summed E-state index contributed by atoms with van der Waals surface area (Å²) in [6.45, 7) is 0.475. The Kier molecular flexibility index (Phi) is 7.12. The van der Waals surface area contributed by atoms with E-state index < -0.39 is 12.5 Å². The molecule has 0 bridgehead atoms. The van der Waals surface area contributed by atoms with Gasteiger partial charge in [0.1, 0.15) is 12.4 Å². The van der Waals surface area contributed by atoms with Gasteiger partial charge in [0.2, 0.25) is 6.43 Å². The van der Waals surface area contributed by atoms with Gasteiger partial charge in [-0.25, -0.2) is 8.78 Å². The zero-order chi connectivity index (χ0) is 14.4. The van der Waals surface area contributed by atoms with Crippen molar-refractivity contribution in [1.82, 2.24) is 0 Å². The van der Waals surface area contributed by atoms with Crippen molar-refractivity contribution in [3.8, 4) is 5.75 Å². The first kappa shape index (κ1) is 17.4. The van der Waals surface area contributed by atoms with Crippen LogP contribution in [-0.4, -0.2) is 6.43 Å². The lowest BCUT2D eigenvalue weighted by Crippen LogP contribution is -2.13. The average molecular weight is 314 g/mol. The van der Waals surface area contributed by atoms with Gasteiger partial charge >= 0.3 is 0 Å². The van der Waals surface area contributed by atoms with Gasteiger partial charge in [-0.15, -0.1) is 12.4 Å². The lowest BCUT2D eigenvalue weighted by molar-refractivity contribution is 0.128. The Hall–Kier alpha value is -1.65. The molecule has 21 heavy (non-hydrogen) atoms. The van der Waals surface area contributed by atoms with E-state index in [1.165, 1.54) is 0 Å². The number of hydrogen-bond donors (Lipinski definition) is 1. The molecule has 1 atom stereocenters. The summed E-state index contributed by atoms with van der Waals surface area (Å²) in [6, 6.07) is 16.1. The summed E-state index contributed by atoms with van der Waals surface area (Å²) < 4.78 is 30.1. The first-order chi connectivity index (χ1) is 9.65. The summed E-state index contributed by atoms with van der Waals surface area (Å²) in [5, 5.41) is 0. The maximum Gasteiger partial charge on any atom is 0.240 e. The Morgan fingerprint density at radius 1 is 0.952 bits per heavy atom. The SMILES string of the molecule is Cl.N[C@@H](CC(F)F)c1ccc(OCc2ccccc2)cc1. The molecule has 0 amide bonds. The molecule has 2 aromatic rings. The molecule has 114 valence electrons. The molecular formula is C16H18ClF2NO. The highest BCUT2D eigenvalue weighted by Crippen LogP contribution is 2.21. The molecule has 2 nitrogen and oxygen atoms in total. The van der Waals surface area contributed by atoms with Crippen LogP contribution >= 0.6 is 12.4 Å². The Balaban J connectivity index is 0.00000220. The summed E-state index contributed by atoms with van der Waals surface area (Å²) in [7, 11) is 0. The highest BCUT2D eigenvalue weighted by atomic mass is 35.5. The fourth-order valence-electron chi connectivity index (χ4n) is 1.88. The molecule has 2 N–H and O–H groups in total. The minimum absolute atomic E-state index is 0. The van der Waals surface area contributed by atoms with Gasteiger partial charge < -0.3 is 10.5 Å². The lowest BCUT2D eigenvalue weighted by atomic mass is 10.1. The molecule has 5 heteroatoms. The summed E-state index contributed by atoms with van der Waals surface area (Å²) in [5.41, 5.74) is 7.46. The van der Waals surface area contributed by atoms with Crippen molar-refractivity contribution in [3.05, 3.63) is 65.7 Å². The van der Waals surface area contributed by atoms with Gasteiger partial charge in [-0.1, -0.05) is 42.5 Å². The van der Waals surface area contributed by atoms with Gasteiger partial charge in [-0.3, -0.25) is 0 Å². The van der Waals surface area contributed by atoms with E-state index in [2.05, 4.69) is 0 Å². The van der Waals surface area contributed by atoms with E-state index in [0.29, 0.717) is 17.9 Å². The molecule has 0 aromatic heterocycles. The number of hydrogen-bond acceptors (Lipinski definition) is 2. The topological polar surface area (TPSA) is 35.2 Å². The normalized spacial score (nSPS) is 11.8. The van der Waals surface area contributed by atoms with Gasteiger partial charge in [0, 0.05) is 12.5 Å². The number of rotatable bonds is 6. The van der Waals surface area contributed by atoms with E-state index in [9.17, 15) is 8.78 Å². The second kappa shape index (κ2) is 8.60. The van der Waals surface area contributed by atoms with Crippen LogP contribution in [0.1, 0.15) is 23.6 Å². The fourth-order valence-corrected chi connectivity index (χ4v) is 1.88. The van der Waals surface area contributed by atoms with Gasteiger partial charge in [-0.05, 0) is 23.3 Å². The maximum absolute atomic E-state index is 12.3. The summed E-state index contributed by atoms with van der Waals surface area (Å²) in [5.74, 6) is 0.696. The monoisotopic (exact) mass is 313 g/mol. The van der Waals surface area contributed by atoms with Crippen LogP contribution in [-0.2, 0) is 6.61 Å². The van der Waals surface area contributed by atoms with E-state index in [1.54, 1.807) is 24.3 Å². The van der Waals surface area contributed by atoms with Crippen LogP contribution in [0, 0.1) is 0 Å². The molecule has 2 aromatic carbocycles. The molecule has 0 aliphatic rings. The molecule has 0 radical (unpaired) electrons. The Morgan fingerprint density at radius 2 is 1.57 bits per heavy atom. The predicted octanol–water partition coefficient (Wildman–Crippen LogP) is 4.34. The molecule has 0 unspecified atom stereocenters. The minimum atomic E-state index is -2.39. The molecule has 0 saturated carbocycles. The zero-order valence-electron chi connectivity index (χ0n) is 11.4. The summed E-state index contributed by atoms with van der Waals surface area (Å²) in [4.78, 5) is 0. The molecular weight excluding hydrogens is 296 g/mol. The lowest BCUT2D eigenvalue weighted by Gasteiger charge is -2.12. The summed E-state index contributed by atoms with van der Waals surface area (Å²) >= 11 is 0. The fraction of sp³-hybridized carbons (Fsp3) is 0.250. The van der Waals surface area contributed by atoms with Crippen LogP contribution in [0.5, 0.6) is 5.75 Å². The first-order valence-corrected chi connectivity index (χ1v) is 6.45. The molecule has 0 fully saturated rings. The van der Waals surface area contributed by atoms with Crippen molar-refractivity contribution in [1.29, 1.82) is 0 Å². The second-order valence-corrected chi connectivity index (χ2v) is 4.58. The maximum atomic E-state index is 12.3. The second-order valence-electron chi connectivity index (χ2n) is 4.58. The number of nitrogens with two attached hydrogens (primary N) is 1. The average Bonchev–Trinajstić information content (AvgIpc) is 2.46. The highest BCUT2D eigenvalue weighted by Gasteiger charge is 2.12. The van der Waals surface area contributed by atoms with E-state index >= 15 is 0 Å². The van der Waals surface area contributed by atoms with Gasteiger partial charge in [0.15, 0.2) is 0 Å². The third-order valence-corrected chi connectivity index (χ3v) is 2.99. The van der Waals surface area contributed by atoms with E-state index in [4.69, 9.17) is 10.5 Å². The van der Waals surface area contributed by atoms with Gasteiger partial charge in [-0.2, -0.15) is 0 Å². The smallest absolute Gasteiger partial charge is 0.240 e. The summed E-state index contributed by atoms with van der Waals surface area (Å²) in [6.07, 6.45) is -2.72. The van der Waals surface area contributed by atoms with Crippen LogP contribution in [0.2, 0.25) is 0 Å².